The molecule has 3 aliphatic rings. The molecule has 1 saturated carbocycles. The van der Waals surface area contributed by atoms with Crippen molar-refractivity contribution in [3.8, 4) is 0 Å². The van der Waals surface area contributed by atoms with E-state index in [-0.39, 0.29) is 0 Å². The van der Waals surface area contributed by atoms with Crippen LogP contribution >= 0.6 is 0 Å². The minimum absolute atomic E-state index is 0.598. The van der Waals surface area contributed by atoms with Crippen molar-refractivity contribution in [1.82, 2.24) is 0 Å². The summed E-state index contributed by atoms with van der Waals surface area (Å²) in [5.41, 5.74) is 8.48. The maximum atomic E-state index is 4.50. The first kappa shape index (κ1) is 16.8. The first-order chi connectivity index (χ1) is 10.0. The van der Waals surface area contributed by atoms with Crippen molar-refractivity contribution in [1.29, 1.82) is 0 Å². The van der Waals surface area contributed by atoms with Crippen LogP contribution in [0.25, 0.3) is 0 Å². The van der Waals surface area contributed by atoms with E-state index in [4.69, 9.17) is 0 Å². The molecule has 2 N–H and O–H groups in total. The van der Waals surface area contributed by atoms with Crippen LogP contribution in [0.3, 0.4) is 0 Å². The highest BCUT2D eigenvalue weighted by Crippen LogP contribution is 2.58. The summed E-state index contributed by atoms with van der Waals surface area (Å²) < 4.78 is 0. The molecule has 1 heteroatoms. The molecule has 0 radical (unpaired) electrons. The van der Waals surface area contributed by atoms with E-state index in [1.54, 1.807) is 11.1 Å². The summed E-state index contributed by atoms with van der Waals surface area (Å²) >= 11 is 0. The molecule has 0 aromatic rings. The number of allylic oxidation sites excluding steroid dienone is 4. The molecule has 3 aliphatic carbocycles. The average Bonchev–Trinajstić information content (AvgIpc) is 2.48. The molecule has 0 spiro atoms. The Balaban J connectivity index is 0.000000774. The van der Waals surface area contributed by atoms with Crippen molar-refractivity contribution in [2.45, 2.75) is 66.2 Å². The SMILES string of the molecule is CC(C)C1=CC2=CCC3C(C)CCCC3(C)C2CC1.CN. The lowest BCUT2D eigenvalue weighted by molar-refractivity contribution is 0.0109. The second-order valence-electron chi connectivity index (χ2n) is 7.89. The third kappa shape index (κ3) is 2.99. The van der Waals surface area contributed by atoms with Crippen LogP contribution in [0.5, 0.6) is 0 Å². The van der Waals surface area contributed by atoms with E-state index in [0.717, 1.165) is 23.7 Å². The quantitative estimate of drug-likeness (QED) is 0.694. The Morgan fingerprint density at radius 1 is 1.24 bits per heavy atom. The Kier molecular flexibility index (Phi) is 5.35. The van der Waals surface area contributed by atoms with Crippen LogP contribution < -0.4 is 5.73 Å². The van der Waals surface area contributed by atoms with Crippen molar-refractivity contribution in [2.24, 2.45) is 34.8 Å². The molecular weight excluding hydrogens is 254 g/mol. The fraction of sp³-hybridized carbons (Fsp3) is 0.800. The van der Waals surface area contributed by atoms with E-state index in [0.29, 0.717) is 5.41 Å². The molecule has 21 heavy (non-hydrogen) atoms. The molecule has 1 nitrogen and oxygen atoms in total. The average molecular weight is 290 g/mol. The number of hydrogen-bond donors (Lipinski definition) is 1. The Morgan fingerprint density at radius 3 is 2.62 bits per heavy atom. The predicted octanol–water partition coefficient (Wildman–Crippen LogP) is 5.33. The fourth-order valence-corrected chi connectivity index (χ4v) is 5.27. The molecule has 120 valence electrons. The van der Waals surface area contributed by atoms with E-state index < -0.39 is 0 Å². The Bertz CT molecular complexity index is 418. The third-order valence-electron chi connectivity index (χ3n) is 6.53. The standard InChI is InChI=1S/C19H30.CH5N/c1-13(2)15-7-10-18-16(12-15)8-9-17-14(3)6-5-11-19(17,18)4;1-2/h8,12-14,17-18H,5-7,9-11H2,1-4H3;2H2,1H3. The molecular formula is C20H35N. The highest BCUT2D eigenvalue weighted by Gasteiger charge is 2.48. The fourth-order valence-electron chi connectivity index (χ4n) is 5.27. The van der Waals surface area contributed by atoms with Crippen LogP contribution in [0.1, 0.15) is 66.2 Å². The normalized spacial score (nSPS) is 38.5. The van der Waals surface area contributed by atoms with Crippen LogP contribution in [0.4, 0.5) is 0 Å². The van der Waals surface area contributed by atoms with Gasteiger partial charge in [0.1, 0.15) is 0 Å². The Labute approximate surface area is 132 Å². The molecule has 3 rings (SSSR count). The van der Waals surface area contributed by atoms with Gasteiger partial charge in [-0.05, 0) is 67.4 Å². The van der Waals surface area contributed by atoms with Gasteiger partial charge in [-0.25, -0.2) is 0 Å². The smallest absolute Gasteiger partial charge is 0.0105 e. The first-order valence-corrected chi connectivity index (χ1v) is 9.00. The first-order valence-electron chi connectivity index (χ1n) is 9.00. The van der Waals surface area contributed by atoms with Crippen LogP contribution in [0.2, 0.25) is 0 Å². The molecule has 0 bridgehead atoms. The lowest BCUT2D eigenvalue weighted by Crippen LogP contribution is -2.45. The molecule has 0 aromatic heterocycles. The molecule has 0 aromatic carbocycles. The van der Waals surface area contributed by atoms with Crippen LogP contribution in [-0.4, -0.2) is 7.05 Å². The predicted molar refractivity (Wildman–Crippen MR) is 93.1 cm³/mol. The van der Waals surface area contributed by atoms with Crippen LogP contribution in [0, 0.1) is 29.1 Å². The number of fused-ring (bicyclic) bond motifs is 3. The lowest BCUT2D eigenvalue weighted by Gasteiger charge is -2.54. The van der Waals surface area contributed by atoms with Gasteiger partial charge in [-0.15, -0.1) is 0 Å². The van der Waals surface area contributed by atoms with E-state index in [9.17, 15) is 0 Å². The van der Waals surface area contributed by atoms with Gasteiger partial charge in [0.15, 0.2) is 0 Å². The molecule has 1 fully saturated rings. The highest BCUT2D eigenvalue weighted by molar-refractivity contribution is 5.34. The van der Waals surface area contributed by atoms with Crippen LogP contribution in [-0.2, 0) is 0 Å². The monoisotopic (exact) mass is 289 g/mol. The number of hydrogen-bond acceptors (Lipinski definition) is 1. The van der Waals surface area contributed by atoms with Crippen molar-refractivity contribution >= 4 is 0 Å². The van der Waals surface area contributed by atoms with Gasteiger partial charge >= 0.3 is 0 Å². The van der Waals surface area contributed by atoms with Crippen molar-refractivity contribution in [3.05, 3.63) is 23.3 Å². The maximum Gasteiger partial charge on any atom is -0.0105 e. The molecule has 4 atom stereocenters. The topological polar surface area (TPSA) is 26.0 Å². The van der Waals surface area contributed by atoms with Crippen LogP contribution in [0.15, 0.2) is 23.3 Å². The maximum absolute atomic E-state index is 4.50. The van der Waals surface area contributed by atoms with Gasteiger partial charge in [0.05, 0.1) is 0 Å². The van der Waals surface area contributed by atoms with Crippen molar-refractivity contribution < 1.29 is 0 Å². The number of rotatable bonds is 1. The minimum atomic E-state index is 0.598. The summed E-state index contributed by atoms with van der Waals surface area (Å²) in [4.78, 5) is 0. The molecule has 0 amide bonds. The summed E-state index contributed by atoms with van der Waals surface area (Å²) in [7, 11) is 1.50. The van der Waals surface area contributed by atoms with Gasteiger partial charge < -0.3 is 5.73 Å². The summed E-state index contributed by atoms with van der Waals surface area (Å²) in [6.45, 7) is 9.81. The highest BCUT2D eigenvalue weighted by atomic mass is 14.5. The Hall–Kier alpha value is -0.560. The van der Waals surface area contributed by atoms with Gasteiger partial charge in [-0.2, -0.15) is 0 Å². The zero-order valence-corrected chi connectivity index (χ0v) is 14.8. The summed E-state index contributed by atoms with van der Waals surface area (Å²) in [6.07, 6.45) is 13.6. The van der Waals surface area contributed by atoms with Crippen molar-refractivity contribution in [2.75, 3.05) is 7.05 Å². The van der Waals surface area contributed by atoms with E-state index in [2.05, 4.69) is 45.6 Å². The van der Waals surface area contributed by atoms with Crippen molar-refractivity contribution in [3.63, 3.8) is 0 Å². The van der Waals surface area contributed by atoms with Gasteiger partial charge in [0, 0.05) is 0 Å². The largest absolute Gasteiger partial charge is 0.333 e. The second-order valence-corrected chi connectivity index (χ2v) is 7.89. The zero-order chi connectivity index (χ0) is 15.6. The van der Waals surface area contributed by atoms with Gasteiger partial charge in [-0.3, -0.25) is 0 Å². The zero-order valence-electron chi connectivity index (χ0n) is 14.8. The van der Waals surface area contributed by atoms with E-state index >= 15 is 0 Å². The second kappa shape index (κ2) is 6.69. The number of nitrogens with two attached hydrogens (primary N) is 1. The molecule has 0 saturated heterocycles. The van der Waals surface area contributed by atoms with Gasteiger partial charge in [0.25, 0.3) is 0 Å². The molecule has 0 aliphatic heterocycles. The molecule has 0 heterocycles. The summed E-state index contributed by atoms with van der Waals surface area (Å²) in [5, 5.41) is 0. The molecule has 4 unspecified atom stereocenters. The third-order valence-corrected chi connectivity index (χ3v) is 6.53. The van der Waals surface area contributed by atoms with E-state index in [1.807, 2.05) is 0 Å². The lowest BCUT2D eigenvalue weighted by atomic mass is 9.51. The van der Waals surface area contributed by atoms with Gasteiger partial charge in [-0.1, -0.05) is 58.3 Å². The van der Waals surface area contributed by atoms with E-state index in [1.165, 1.54) is 45.6 Å². The summed E-state index contributed by atoms with van der Waals surface area (Å²) in [5.74, 6) is 3.48. The minimum Gasteiger partial charge on any atom is -0.333 e. The van der Waals surface area contributed by atoms with Gasteiger partial charge in [0.2, 0.25) is 0 Å². The Morgan fingerprint density at radius 2 is 1.95 bits per heavy atom. The summed E-state index contributed by atoms with van der Waals surface area (Å²) in [6, 6.07) is 0.